The van der Waals surface area contributed by atoms with Gasteiger partial charge < -0.3 is 9.47 Å². The second kappa shape index (κ2) is 13.6. The van der Waals surface area contributed by atoms with Crippen LogP contribution in [0.3, 0.4) is 0 Å². The molecule has 1 N–H and O–H groups in total. The minimum absolute atomic E-state index is 0.0265. The van der Waals surface area contributed by atoms with Gasteiger partial charge in [-0.3, -0.25) is 14.6 Å². The van der Waals surface area contributed by atoms with Gasteiger partial charge in [0.25, 0.3) is 0 Å². The van der Waals surface area contributed by atoms with Crippen LogP contribution in [0.1, 0.15) is 18.5 Å². The molecule has 3 aromatic rings. The molecular formula is C26H26F7N5O3S. The Balaban J connectivity index is 1.48. The summed E-state index contributed by atoms with van der Waals surface area (Å²) >= 11 is 0. The van der Waals surface area contributed by atoms with E-state index in [2.05, 4.69) is 19.7 Å². The molecule has 8 nitrogen and oxygen atoms in total. The van der Waals surface area contributed by atoms with Gasteiger partial charge in [-0.1, -0.05) is 6.07 Å². The largest absolute Gasteiger partial charge is 0.477 e. The Kier molecular flexibility index (Phi) is 10.2. The van der Waals surface area contributed by atoms with Crippen molar-refractivity contribution in [2.45, 2.75) is 31.8 Å². The van der Waals surface area contributed by atoms with Crippen molar-refractivity contribution in [2.75, 3.05) is 36.7 Å². The summed E-state index contributed by atoms with van der Waals surface area (Å²) in [6.45, 7) is -0.382. The van der Waals surface area contributed by atoms with Crippen LogP contribution < -0.4 is 14.2 Å². The number of piperidine rings is 1. The lowest BCUT2D eigenvalue weighted by molar-refractivity contribution is -0.148. The van der Waals surface area contributed by atoms with Crippen LogP contribution in [0.5, 0.6) is 11.8 Å². The van der Waals surface area contributed by atoms with Crippen LogP contribution in [0.2, 0.25) is 0 Å². The molecule has 1 aliphatic rings. The van der Waals surface area contributed by atoms with Crippen LogP contribution in [0.15, 0.2) is 48.8 Å². The van der Waals surface area contributed by atoms with E-state index in [0.29, 0.717) is 18.5 Å². The number of ether oxygens (including phenoxy) is 2. The fourth-order valence-corrected chi connectivity index (χ4v) is 4.94. The van der Waals surface area contributed by atoms with Gasteiger partial charge in [0, 0.05) is 24.0 Å². The van der Waals surface area contributed by atoms with Gasteiger partial charge in [0.1, 0.15) is 40.5 Å². The number of rotatable bonds is 11. The van der Waals surface area contributed by atoms with Crippen molar-refractivity contribution < 1.29 is 44.4 Å². The fourth-order valence-electron chi connectivity index (χ4n) is 4.18. The van der Waals surface area contributed by atoms with Gasteiger partial charge in [0.2, 0.25) is 11.8 Å². The van der Waals surface area contributed by atoms with Crippen molar-refractivity contribution in [2.24, 2.45) is 5.92 Å². The van der Waals surface area contributed by atoms with E-state index in [1.54, 1.807) is 18.2 Å². The van der Waals surface area contributed by atoms with Gasteiger partial charge in [-0.05, 0) is 56.1 Å². The number of hydrogen-bond acceptors (Lipinski definition) is 7. The molecule has 0 bridgehead atoms. The fraction of sp³-hybridized carbons (Fsp3) is 0.423. The molecule has 16 heteroatoms. The third-order valence-corrected chi connectivity index (χ3v) is 7.16. The van der Waals surface area contributed by atoms with Gasteiger partial charge in [0.15, 0.2) is 0 Å². The highest BCUT2D eigenvalue weighted by Gasteiger charge is 2.33. The van der Waals surface area contributed by atoms with Crippen molar-refractivity contribution in [1.82, 2.24) is 19.9 Å². The number of pyridine rings is 3. The number of likely N-dealkylation sites (tertiary alicyclic amines) is 1. The van der Waals surface area contributed by atoms with Crippen LogP contribution in [0, 0.1) is 11.7 Å². The highest BCUT2D eigenvalue weighted by atomic mass is 32.2. The second-order valence-electron chi connectivity index (χ2n) is 9.52. The van der Waals surface area contributed by atoms with E-state index in [9.17, 15) is 34.9 Å². The SMILES string of the molecule is O=S(CC(F)(F)F)Nc1cc(-c2nc(OCC3CCN(CC(F)(F)F)CC3)ccc2F)cnc1OCc1ccccn1. The molecule has 228 valence electrons. The Hall–Kier alpha value is -3.53. The normalized spacial score (nSPS) is 15.8. The third kappa shape index (κ3) is 9.79. The lowest BCUT2D eigenvalue weighted by atomic mass is 9.98. The molecule has 0 aromatic carbocycles. The number of alkyl halides is 6. The molecule has 3 aromatic heterocycles. The Morgan fingerprint density at radius 2 is 1.76 bits per heavy atom. The Labute approximate surface area is 238 Å². The first kappa shape index (κ1) is 31.4. The summed E-state index contributed by atoms with van der Waals surface area (Å²) in [6, 6.07) is 8.63. The summed E-state index contributed by atoms with van der Waals surface area (Å²) in [6.07, 6.45) is -5.30. The number of aromatic nitrogens is 3. The first-order chi connectivity index (χ1) is 19.8. The molecule has 1 saturated heterocycles. The third-order valence-electron chi connectivity index (χ3n) is 6.12. The molecule has 0 spiro atoms. The highest BCUT2D eigenvalue weighted by molar-refractivity contribution is 7.86. The van der Waals surface area contributed by atoms with Crippen molar-refractivity contribution in [3.05, 3.63) is 60.3 Å². The monoisotopic (exact) mass is 621 g/mol. The summed E-state index contributed by atoms with van der Waals surface area (Å²) in [7, 11) is -2.60. The summed E-state index contributed by atoms with van der Waals surface area (Å²) < 4.78 is 117. The summed E-state index contributed by atoms with van der Waals surface area (Å²) in [5, 5.41) is 0. The number of anilines is 1. The van der Waals surface area contributed by atoms with E-state index < -0.39 is 41.5 Å². The molecular weight excluding hydrogens is 595 g/mol. The molecule has 1 aliphatic heterocycles. The number of nitrogens with one attached hydrogen (secondary N) is 1. The number of hydrogen-bond donors (Lipinski definition) is 1. The van der Waals surface area contributed by atoms with E-state index in [0.717, 1.165) is 6.07 Å². The topological polar surface area (TPSA) is 89.5 Å². The van der Waals surface area contributed by atoms with E-state index in [4.69, 9.17) is 9.47 Å². The van der Waals surface area contributed by atoms with Crippen molar-refractivity contribution in [3.8, 4) is 23.0 Å². The molecule has 42 heavy (non-hydrogen) atoms. The van der Waals surface area contributed by atoms with Crippen LogP contribution in [0.25, 0.3) is 11.3 Å². The van der Waals surface area contributed by atoms with Crippen molar-refractivity contribution in [3.63, 3.8) is 0 Å². The van der Waals surface area contributed by atoms with Crippen molar-refractivity contribution in [1.29, 1.82) is 0 Å². The molecule has 0 amide bonds. The summed E-state index contributed by atoms with van der Waals surface area (Å²) in [4.78, 5) is 13.7. The lowest BCUT2D eigenvalue weighted by Gasteiger charge is -2.32. The first-order valence-electron chi connectivity index (χ1n) is 12.7. The molecule has 1 unspecified atom stereocenters. The van der Waals surface area contributed by atoms with Gasteiger partial charge in [-0.25, -0.2) is 18.6 Å². The maximum atomic E-state index is 14.8. The van der Waals surface area contributed by atoms with E-state index >= 15 is 0 Å². The second-order valence-corrected chi connectivity index (χ2v) is 10.7. The minimum atomic E-state index is -4.72. The highest BCUT2D eigenvalue weighted by Crippen LogP contribution is 2.32. The Morgan fingerprint density at radius 3 is 2.43 bits per heavy atom. The number of nitrogens with zero attached hydrogens (tertiary/aromatic N) is 4. The average molecular weight is 622 g/mol. The zero-order valence-corrected chi connectivity index (χ0v) is 22.7. The van der Waals surface area contributed by atoms with Crippen LogP contribution in [0.4, 0.5) is 36.4 Å². The molecule has 4 heterocycles. The number of halogens is 7. The predicted octanol–water partition coefficient (Wildman–Crippen LogP) is 5.55. The van der Waals surface area contributed by atoms with E-state index in [1.807, 2.05) is 0 Å². The molecule has 1 fully saturated rings. The van der Waals surface area contributed by atoms with Crippen LogP contribution in [-0.2, 0) is 17.6 Å². The molecule has 4 rings (SSSR count). The van der Waals surface area contributed by atoms with E-state index in [-0.39, 0.29) is 60.9 Å². The summed E-state index contributed by atoms with van der Waals surface area (Å²) in [5.74, 6) is -2.61. The maximum Gasteiger partial charge on any atom is 0.402 e. The Bertz CT molecular complexity index is 1350. The standard InChI is InChI=1S/C26H26F7N5O3S/c27-20-4-5-22(40-13-17-6-9-38(10-7-17)15-25(28,29)30)36-23(20)18-11-21(37-42(39)16-26(31,32)33)24(35-12-18)41-14-19-3-1-2-8-34-19/h1-5,8,11-12,17,37H,6-7,9-10,13-16H2. The molecule has 0 radical (unpaired) electrons. The maximum absolute atomic E-state index is 14.8. The van der Waals surface area contributed by atoms with Crippen molar-refractivity contribution >= 4 is 16.7 Å². The zero-order chi connectivity index (χ0) is 30.3. The van der Waals surface area contributed by atoms with Gasteiger partial charge in [-0.15, -0.1) is 0 Å². The smallest absolute Gasteiger partial charge is 0.402 e. The predicted molar refractivity (Wildman–Crippen MR) is 139 cm³/mol. The van der Waals surface area contributed by atoms with Gasteiger partial charge in [0.05, 0.1) is 18.8 Å². The Morgan fingerprint density at radius 1 is 1.00 bits per heavy atom. The average Bonchev–Trinajstić information content (AvgIpc) is 2.91. The lowest BCUT2D eigenvalue weighted by Crippen LogP contribution is -2.41. The molecule has 0 saturated carbocycles. The molecule has 0 aliphatic carbocycles. The van der Waals surface area contributed by atoms with E-state index in [1.165, 1.54) is 29.4 Å². The van der Waals surface area contributed by atoms with Crippen LogP contribution >= 0.6 is 0 Å². The minimum Gasteiger partial charge on any atom is -0.477 e. The quantitative estimate of drug-likeness (QED) is 0.281. The molecule has 1 atom stereocenters. The summed E-state index contributed by atoms with van der Waals surface area (Å²) in [5.41, 5.74) is 0.106. The van der Waals surface area contributed by atoms with Crippen LogP contribution in [-0.4, -0.2) is 68.4 Å². The zero-order valence-electron chi connectivity index (χ0n) is 21.9. The first-order valence-corrected chi connectivity index (χ1v) is 14.0. The van der Waals surface area contributed by atoms with Gasteiger partial charge >= 0.3 is 12.4 Å². The van der Waals surface area contributed by atoms with Gasteiger partial charge in [-0.2, -0.15) is 26.3 Å².